The molecule has 3 rings (SSSR count). The van der Waals surface area contributed by atoms with Gasteiger partial charge in [-0.15, -0.1) is 0 Å². The van der Waals surface area contributed by atoms with Gasteiger partial charge in [-0.2, -0.15) is 0 Å². The molecule has 0 saturated heterocycles. The predicted octanol–water partition coefficient (Wildman–Crippen LogP) is 4.92. The number of nitrogens with one attached hydrogen (secondary N) is 1. The van der Waals surface area contributed by atoms with E-state index in [0.29, 0.717) is 0 Å². The molecule has 3 heteroatoms. The van der Waals surface area contributed by atoms with Crippen molar-refractivity contribution in [1.29, 1.82) is 0 Å². The van der Waals surface area contributed by atoms with Crippen molar-refractivity contribution >= 4 is 26.7 Å². The third-order valence-electron chi connectivity index (χ3n) is 4.26. The highest BCUT2D eigenvalue weighted by atomic mass is 32.1. The van der Waals surface area contributed by atoms with Crippen molar-refractivity contribution in [3.05, 3.63) is 24.3 Å². The van der Waals surface area contributed by atoms with Gasteiger partial charge in [0.15, 0.2) is 5.13 Å². The van der Waals surface area contributed by atoms with Crippen LogP contribution in [0.5, 0.6) is 0 Å². The molecule has 0 radical (unpaired) electrons. The monoisotopic (exact) mass is 274 g/mol. The van der Waals surface area contributed by atoms with Crippen molar-refractivity contribution in [2.24, 2.45) is 11.8 Å². The van der Waals surface area contributed by atoms with Crippen molar-refractivity contribution in [3.63, 3.8) is 0 Å². The molecule has 2 nitrogen and oxygen atoms in total. The first-order valence-corrected chi connectivity index (χ1v) is 8.22. The molecule has 1 N–H and O–H groups in total. The van der Waals surface area contributed by atoms with E-state index < -0.39 is 0 Å². The lowest BCUT2D eigenvalue weighted by molar-refractivity contribution is 0.282. The van der Waals surface area contributed by atoms with E-state index in [-0.39, 0.29) is 0 Å². The first kappa shape index (κ1) is 12.9. The van der Waals surface area contributed by atoms with Crippen LogP contribution in [-0.4, -0.2) is 11.5 Å². The standard InChI is InChI=1S/C16H22N2S/c1-12-6-8-13(9-7-12)10-11-17-16-18-14-4-2-3-5-15(14)19-16/h2-5,12-13H,6-11H2,1H3,(H,17,18). The summed E-state index contributed by atoms with van der Waals surface area (Å²) in [6.45, 7) is 3.45. The summed E-state index contributed by atoms with van der Waals surface area (Å²) in [7, 11) is 0. The molecule has 102 valence electrons. The van der Waals surface area contributed by atoms with Crippen LogP contribution in [0.4, 0.5) is 5.13 Å². The molecule has 2 aromatic rings. The summed E-state index contributed by atoms with van der Waals surface area (Å²) in [5.41, 5.74) is 1.11. The van der Waals surface area contributed by atoms with E-state index in [1.54, 1.807) is 11.3 Å². The van der Waals surface area contributed by atoms with Gasteiger partial charge < -0.3 is 5.32 Å². The van der Waals surface area contributed by atoms with Gasteiger partial charge in [0.05, 0.1) is 10.2 Å². The number of nitrogens with zero attached hydrogens (tertiary/aromatic N) is 1. The van der Waals surface area contributed by atoms with Crippen LogP contribution < -0.4 is 5.32 Å². The fraction of sp³-hybridized carbons (Fsp3) is 0.562. The fourth-order valence-electron chi connectivity index (χ4n) is 2.95. The van der Waals surface area contributed by atoms with Gasteiger partial charge in [-0.1, -0.05) is 56.1 Å². The van der Waals surface area contributed by atoms with Crippen LogP contribution in [0, 0.1) is 11.8 Å². The van der Waals surface area contributed by atoms with E-state index in [0.717, 1.165) is 29.0 Å². The second-order valence-corrected chi connectivity index (χ2v) is 6.86. The molecule has 0 atom stereocenters. The van der Waals surface area contributed by atoms with Crippen molar-refractivity contribution in [2.45, 2.75) is 39.0 Å². The largest absolute Gasteiger partial charge is 0.361 e. The molecule has 0 unspecified atom stereocenters. The molecule has 19 heavy (non-hydrogen) atoms. The topological polar surface area (TPSA) is 24.9 Å². The molecule has 1 aromatic heterocycles. The van der Waals surface area contributed by atoms with Gasteiger partial charge in [-0.3, -0.25) is 0 Å². The summed E-state index contributed by atoms with van der Waals surface area (Å²) in [6, 6.07) is 8.35. The van der Waals surface area contributed by atoms with E-state index in [2.05, 4.69) is 41.5 Å². The summed E-state index contributed by atoms with van der Waals surface area (Å²) in [5.74, 6) is 1.88. The summed E-state index contributed by atoms with van der Waals surface area (Å²) >= 11 is 1.76. The highest BCUT2D eigenvalue weighted by molar-refractivity contribution is 7.22. The molecule has 1 aliphatic rings. The average molecular weight is 274 g/mol. The zero-order chi connectivity index (χ0) is 13.1. The van der Waals surface area contributed by atoms with E-state index >= 15 is 0 Å². The highest BCUT2D eigenvalue weighted by Gasteiger charge is 2.17. The maximum absolute atomic E-state index is 4.61. The quantitative estimate of drug-likeness (QED) is 0.855. The molecule has 1 aromatic carbocycles. The van der Waals surface area contributed by atoms with Crippen LogP contribution in [0.1, 0.15) is 39.0 Å². The summed E-state index contributed by atoms with van der Waals surface area (Å²) in [5, 5.41) is 4.57. The SMILES string of the molecule is CC1CCC(CCNc2nc3ccccc3s2)CC1. The van der Waals surface area contributed by atoms with Crippen LogP contribution in [0.3, 0.4) is 0 Å². The molecule has 1 fully saturated rings. The maximum Gasteiger partial charge on any atom is 0.183 e. The van der Waals surface area contributed by atoms with Gasteiger partial charge in [0.25, 0.3) is 0 Å². The first-order chi connectivity index (χ1) is 9.31. The van der Waals surface area contributed by atoms with Gasteiger partial charge >= 0.3 is 0 Å². The Bertz CT molecular complexity index is 493. The van der Waals surface area contributed by atoms with Crippen LogP contribution >= 0.6 is 11.3 Å². The van der Waals surface area contributed by atoms with Crippen LogP contribution in [-0.2, 0) is 0 Å². The maximum atomic E-state index is 4.61. The number of fused-ring (bicyclic) bond motifs is 1. The molecule has 0 bridgehead atoms. The number of hydrogen-bond acceptors (Lipinski definition) is 3. The Morgan fingerprint density at radius 2 is 2.00 bits per heavy atom. The Labute approximate surface area is 119 Å². The second kappa shape index (κ2) is 5.91. The van der Waals surface area contributed by atoms with Crippen molar-refractivity contribution < 1.29 is 0 Å². The molecule has 1 aliphatic carbocycles. The number of hydrogen-bond donors (Lipinski definition) is 1. The number of rotatable bonds is 4. The Morgan fingerprint density at radius 1 is 1.21 bits per heavy atom. The normalized spacial score (nSPS) is 23.6. The Hall–Kier alpha value is -1.09. The van der Waals surface area contributed by atoms with Crippen molar-refractivity contribution in [2.75, 3.05) is 11.9 Å². The number of benzene rings is 1. The lowest BCUT2D eigenvalue weighted by Crippen LogP contribution is -2.15. The van der Waals surface area contributed by atoms with Crippen molar-refractivity contribution in [3.8, 4) is 0 Å². The lowest BCUT2D eigenvalue weighted by atomic mass is 9.81. The summed E-state index contributed by atoms with van der Waals surface area (Å²) < 4.78 is 1.27. The minimum Gasteiger partial charge on any atom is -0.361 e. The Morgan fingerprint density at radius 3 is 2.79 bits per heavy atom. The summed E-state index contributed by atoms with van der Waals surface area (Å²) in [6.07, 6.45) is 6.98. The fourth-order valence-corrected chi connectivity index (χ4v) is 3.84. The van der Waals surface area contributed by atoms with Gasteiger partial charge in [-0.05, 0) is 30.4 Å². The van der Waals surface area contributed by atoms with Crippen LogP contribution in [0.2, 0.25) is 0 Å². The predicted molar refractivity (Wildman–Crippen MR) is 83.8 cm³/mol. The van der Waals surface area contributed by atoms with E-state index in [1.807, 2.05) is 0 Å². The summed E-state index contributed by atoms with van der Waals surface area (Å²) in [4.78, 5) is 4.61. The molecule has 1 heterocycles. The molecular formula is C16H22N2S. The smallest absolute Gasteiger partial charge is 0.183 e. The number of aromatic nitrogens is 1. The third kappa shape index (κ3) is 3.27. The third-order valence-corrected chi connectivity index (χ3v) is 5.25. The number of thiazole rings is 1. The zero-order valence-corrected chi connectivity index (χ0v) is 12.4. The average Bonchev–Trinajstić information content (AvgIpc) is 2.83. The minimum absolute atomic E-state index is 0.929. The highest BCUT2D eigenvalue weighted by Crippen LogP contribution is 2.31. The lowest BCUT2D eigenvalue weighted by Gasteiger charge is -2.26. The van der Waals surface area contributed by atoms with E-state index in [1.165, 1.54) is 36.8 Å². The minimum atomic E-state index is 0.929. The first-order valence-electron chi connectivity index (χ1n) is 7.40. The van der Waals surface area contributed by atoms with Gasteiger partial charge in [0.2, 0.25) is 0 Å². The Balaban J connectivity index is 1.49. The molecular weight excluding hydrogens is 252 g/mol. The second-order valence-electron chi connectivity index (χ2n) is 5.83. The van der Waals surface area contributed by atoms with Crippen molar-refractivity contribution in [1.82, 2.24) is 4.98 Å². The van der Waals surface area contributed by atoms with E-state index in [4.69, 9.17) is 0 Å². The number of para-hydroxylation sites is 1. The van der Waals surface area contributed by atoms with E-state index in [9.17, 15) is 0 Å². The molecule has 0 amide bonds. The molecule has 1 saturated carbocycles. The van der Waals surface area contributed by atoms with Gasteiger partial charge in [0, 0.05) is 6.54 Å². The van der Waals surface area contributed by atoms with Crippen LogP contribution in [0.25, 0.3) is 10.2 Å². The number of anilines is 1. The van der Waals surface area contributed by atoms with Gasteiger partial charge in [0.1, 0.15) is 0 Å². The molecule has 0 spiro atoms. The zero-order valence-electron chi connectivity index (χ0n) is 11.6. The molecule has 0 aliphatic heterocycles. The van der Waals surface area contributed by atoms with Gasteiger partial charge in [-0.25, -0.2) is 4.98 Å². The Kier molecular flexibility index (Phi) is 4.02. The van der Waals surface area contributed by atoms with Crippen LogP contribution in [0.15, 0.2) is 24.3 Å².